The highest BCUT2D eigenvalue weighted by atomic mass is 16.4. The minimum atomic E-state index is -0.981. The molecule has 24 heavy (non-hydrogen) atoms. The van der Waals surface area contributed by atoms with Crippen LogP contribution in [0.5, 0.6) is 0 Å². The van der Waals surface area contributed by atoms with Gasteiger partial charge in [-0.1, -0.05) is 0 Å². The molecule has 1 fully saturated rings. The molecular formula is C16H20N4O4. The highest BCUT2D eigenvalue weighted by Crippen LogP contribution is 2.15. The zero-order valence-electron chi connectivity index (χ0n) is 13.2. The van der Waals surface area contributed by atoms with E-state index in [0.717, 1.165) is 5.52 Å². The highest BCUT2D eigenvalue weighted by molar-refractivity contribution is 5.92. The maximum atomic E-state index is 12.1. The summed E-state index contributed by atoms with van der Waals surface area (Å²) in [5.41, 5.74) is 1.65. The van der Waals surface area contributed by atoms with E-state index in [2.05, 4.69) is 10.3 Å². The van der Waals surface area contributed by atoms with Crippen molar-refractivity contribution >= 4 is 23.0 Å². The predicted octanol–water partition coefficient (Wildman–Crippen LogP) is 0.901. The number of carbonyl (C=O) groups excluding carboxylic acids is 1. The van der Waals surface area contributed by atoms with Gasteiger partial charge in [0.2, 0.25) is 0 Å². The lowest BCUT2D eigenvalue weighted by molar-refractivity contribution is 0.0696. The second kappa shape index (κ2) is 6.88. The van der Waals surface area contributed by atoms with E-state index in [1.807, 2.05) is 4.57 Å². The molecule has 1 aliphatic rings. The number of likely N-dealkylation sites (tertiary alicyclic amines) is 1. The molecule has 0 bridgehead atoms. The number of aliphatic hydroxyl groups is 1. The van der Waals surface area contributed by atoms with E-state index in [4.69, 9.17) is 5.11 Å². The summed E-state index contributed by atoms with van der Waals surface area (Å²) >= 11 is 0. The van der Waals surface area contributed by atoms with Gasteiger partial charge >= 0.3 is 12.0 Å². The highest BCUT2D eigenvalue weighted by Gasteiger charge is 2.20. The number of piperidine rings is 1. The Kier molecular flexibility index (Phi) is 4.66. The number of fused-ring (bicyclic) bond motifs is 1. The first-order valence-corrected chi connectivity index (χ1v) is 7.93. The smallest absolute Gasteiger partial charge is 0.335 e. The van der Waals surface area contributed by atoms with Gasteiger partial charge in [-0.05, 0) is 31.0 Å². The number of benzene rings is 1. The third kappa shape index (κ3) is 3.48. The van der Waals surface area contributed by atoms with Crippen LogP contribution in [0.15, 0.2) is 24.5 Å². The lowest BCUT2D eigenvalue weighted by Crippen LogP contribution is -2.46. The Morgan fingerprint density at radius 2 is 2.04 bits per heavy atom. The van der Waals surface area contributed by atoms with Gasteiger partial charge in [-0.3, -0.25) is 0 Å². The van der Waals surface area contributed by atoms with E-state index >= 15 is 0 Å². The summed E-state index contributed by atoms with van der Waals surface area (Å²) in [4.78, 5) is 28.9. The molecule has 0 atom stereocenters. The van der Waals surface area contributed by atoms with E-state index in [-0.39, 0.29) is 17.7 Å². The molecule has 2 aromatic rings. The van der Waals surface area contributed by atoms with Crippen LogP contribution >= 0.6 is 0 Å². The van der Waals surface area contributed by atoms with Crippen LogP contribution in [0, 0.1) is 0 Å². The second-order valence-electron chi connectivity index (χ2n) is 5.90. The van der Waals surface area contributed by atoms with Crippen LogP contribution in [-0.2, 0) is 6.54 Å². The van der Waals surface area contributed by atoms with Crippen LogP contribution < -0.4 is 5.32 Å². The topological polar surface area (TPSA) is 108 Å². The van der Waals surface area contributed by atoms with E-state index in [0.29, 0.717) is 44.5 Å². The van der Waals surface area contributed by atoms with Crippen molar-refractivity contribution in [3.63, 3.8) is 0 Å². The van der Waals surface area contributed by atoms with Crippen molar-refractivity contribution in [2.75, 3.05) is 19.6 Å². The fourth-order valence-corrected chi connectivity index (χ4v) is 2.84. The van der Waals surface area contributed by atoms with Crippen molar-refractivity contribution in [1.82, 2.24) is 19.8 Å². The molecule has 3 rings (SSSR count). The van der Waals surface area contributed by atoms with E-state index in [9.17, 15) is 14.7 Å². The Balaban J connectivity index is 1.56. The van der Waals surface area contributed by atoms with Crippen LogP contribution in [-0.4, -0.2) is 62.4 Å². The van der Waals surface area contributed by atoms with Crippen LogP contribution in [0.25, 0.3) is 11.0 Å². The fraction of sp³-hybridized carbons (Fsp3) is 0.438. The zero-order chi connectivity index (χ0) is 17.1. The molecular weight excluding hydrogens is 312 g/mol. The number of hydrogen-bond acceptors (Lipinski definition) is 4. The molecule has 0 radical (unpaired) electrons. The van der Waals surface area contributed by atoms with Crippen LogP contribution in [0.3, 0.4) is 0 Å². The van der Waals surface area contributed by atoms with E-state index in [1.165, 1.54) is 6.07 Å². The molecule has 8 nitrogen and oxygen atoms in total. The Labute approximate surface area is 138 Å². The summed E-state index contributed by atoms with van der Waals surface area (Å²) in [6, 6.07) is 4.67. The Bertz CT molecular complexity index is 750. The average Bonchev–Trinajstić information content (AvgIpc) is 2.97. The van der Waals surface area contributed by atoms with E-state index < -0.39 is 5.97 Å². The third-order valence-electron chi connectivity index (χ3n) is 4.25. The molecule has 128 valence electrons. The lowest BCUT2D eigenvalue weighted by Gasteiger charge is -2.29. The number of amides is 2. The minimum Gasteiger partial charge on any atom is -0.478 e. The maximum Gasteiger partial charge on any atom is 0.335 e. The van der Waals surface area contributed by atoms with Gasteiger partial charge < -0.3 is 25.0 Å². The van der Waals surface area contributed by atoms with Gasteiger partial charge in [0.25, 0.3) is 0 Å². The number of imidazole rings is 1. The van der Waals surface area contributed by atoms with Gasteiger partial charge in [0.05, 0.1) is 29.0 Å². The molecule has 1 aromatic heterocycles. The van der Waals surface area contributed by atoms with Crippen LogP contribution in [0.1, 0.15) is 23.2 Å². The number of carboxylic acid groups (broad SMARTS) is 1. The van der Waals surface area contributed by atoms with Crippen molar-refractivity contribution in [1.29, 1.82) is 0 Å². The number of nitrogens with zero attached hydrogens (tertiary/aromatic N) is 3. The van der Waals surface area contributed by atoms with Crippen molar-refractivity contribution < 1.29 is 19.8 Å². The Morgan fingerprint density at radius 3 is 2.75 bits per heavy atom. The monoisotopic (exact) mass is 332 g/mol. The molecule has 1 saturated heterocycles. The number of nitrogens with one attached hydrogen (secondary N) is 1. The fourth-order valence-electron chi connectivity index (χ4n) is 2.84. The quantitative estimate of drug-likeness (QED) is 0.771. The molecule has 0 spiro atoms. The van der Waals surface area contributed by atoms with Gasteiger partial charge in [-0.15, -0.1) is 0 Å². The molecule has 2 amide bonds. The largest absolute Gasteiger partial charge is 0.478 e. The van der Waals surface area contributed by atoms with Crippen LogP contribution in [0.4, 0.5) is 4.79 Å². The van der Waals surface area contributed by atoms with Gasteiger partial charge in [0, 0.05) is 26.2 Å². The first-order valence-electron chi connectivity index (χ1n) is 7.93. The maximum absolute atomic E-state index is 12.1. The molecule has 3 N–H and O–H groups in total. The molecule has 1 aromatic carbocycles. The van der Waals surface area contributed by atoms with Gasteiger partial charge in [0.1, 0.15) is 0 Å². The summed E-state index contributed by atoms with van der Waals surface area (Å²) in [6.45, 7) is 2.13. The molecule has 2 heterocycles. The second-order valence-corrected chi connectivity index (χ2v) is 5.90. The molecule has 8 heteroatoms. The number of aliphatic hydroxyl groups excluding tert-OH is 1. The van der Waals surface area contributed by atoms with Crippen molar-refractivity contribution in [2.45, 2.75) is 25.5 Å². The van der Waals surface area contributed by atoms with Crippen LogP contribution in [0.2, 0.25) is 0 Å². The van der Waals surface area contributed by atoms with Crippen molar-refractivity contribution in [3.8, 4) is 0 Å². The third-order valence-corrected chi connectivity index (χ3v) is 4.25. The predicted molar refractivity (Wildman–Crippen MR) is 86.9 cm³/mol. The first kappa shape index (κ1) is 16.3. The summed E-state index contributed by atoms with van der Waals surface area (Å²) < 4.78 is 1.88. The number of aromatic nitrogens is 2. The Morgan fingerprint density at radius 1 is 1.29 bits per heavy atom. The van der Waals surface area contributed by atoms with Gasteiger partial charge in [-0.2, -0.15) is 0 Å². The summed E-state index contributed by atoms with van der Waals surface area (Å²) in [7, 11) is 0. The number of rotatable bonds is 4. The lowest BCUT2D eigenvalue weighted by atomic mass is 10.1. The zero-order valence-corrected chi connectivity index (χ0v) is 13.2. The first-order chi connectivity index (χ1) is 11.5. The summed E-state index contributed by atoms with van der Waals surface area (Å²) in [6.07, 6.45) is 2.57. The van der Waals surface area contributed by atoms with E-state index in [1.54, 1.807) is 23.4 Å². The summed E-state index contributed by atoms with van der Waals surface area (Å²) in [5, 5.41) is 21.3. The van der Waals surface area contributed by atoms with Gasteiger partial charge in [0.15, 0.2) is 0 Å². The number of aromatic carboxylic acids is 1. The van der Waals surface area contributed by atoms with Crippen molar-refractivity contribution in [3.05, 3.63) is 30.1 Å². The Hall–Kier alpha value is -2.61. The molecule has 0 saturated carbocycles. The minimum absolute atomic E-state index is 0.125. The van der Waals surface area contributed by atoms with Crippen molar-refractivity contribution in [2.24, 2.45) is 0 Å². The standard InChI is InChI=1S/C16H20N4O4/c21-12-3-6-19(7-4-12)16(24)17-5-8-20-10-18-13-9-11(15(22)23)1-2-14(13)20/h1-2,9-10,12,21H,3-8H2,(H,17,24)(H,22,23). The average molecular weight is 332 g/mol. The SMILES string of the molecule is O=C(O)c1ccc2c(c1)ncn2CCNC(=O)N1CCC(O)CC1. The number of urea groups is 1. The van der Waals surface area contributed by atoms with Gasteiger partial charge in [-0.25, -0.2) is 14.6 Å². The number of carboxylic acids is 1. The molecule has 1 aliphatic heterocycles. The summed E-state index contributed by atoms with van der Waals surface area (Å²) in [5.74, 6) is -0.981. The normalized spacial score (nSPS) is 15.6. The number of carbonyl (C=O) groups is 2. The number of hydrogen-bond donors (Lipinski definition) is 3. The molecule has 0 aliphatic carbocycles. The molecule has 0 unspecified atom stereocenters.